The van der Waals surface area contributed by atoms with Gasteiger partial charge < -0.3 is 13.7 Å². The minimum absolute atomic E-state index is 0.833. The predicted octanol–water partition coefficient (Wildman–Crippen LogP) is 16.8. The van der Waals surface area contributed by atoms with Crippen LogP contribution in [0.15, 0.2) is 233 Å². The maximum Gasteiger partial charge on any atom is 0.143 e. The Bertz CT molecular complexity index is 3580. The number of fused-ring (bicyclic) bond motifs is 7. The highest BCUT2D eigenvalue weighted by Crippen LogP contribution is 2.45. The molecule has 0 saturated carbocycles. The molecule has 2 aromatic heterocycles. The van der Waals surface area contributed by atoms with Crippen LogP contribution >= 0.6 is 0 Å². The minimum atomic E-state index is 0.833. The standard InChI is InChI=1S/C58H37NO2/c1-3-13-38(14-4-1)44-34-45(50-21-12-22-53-51-19-9-10-24-55(51)60-58(50)53)36-48(35-44)59(46-29-27-40(28-30-46)43-26-25-39-15-7-8-18-42(39)33-43)47-31-32-52-54-23-11-20-49(41-16-5-2-6-17-41)57(54)61-56(52)37-47/h1-37H. The van der Waals surface area contributed by atoms with Gasteiger partial charge in [0.1, 0.15) is 22.3 Å². The quantitative estimate of drug-likeness (QED) is 0.161. The first kappa shape index (κ1) is 34.9. The second kappa shape index (κ2) is 14.3. The van der Waals surface area contributed by atoms with Crippen molar-refractivity contribution < 1.29 is 8.83 Å². The van der Waals surface area contributed by atoms with Gasteiger partial charge in [-0.05, 0) is 98.8 Å². The topological polar surface area (TPSA) is 29.5 Å². The van der Waals surface area contributed by atoms with Gasteiger partial charge in [0.2, 0.25) is 0 Å². The molecule has 0 atom stereocenters. The lowest BCUT2D eigenvalue weighted by atomic mass is 9.96. The fraction of sp³-hybridized carbons (Fsp3) is 0. The fourth-order valence-corrected chi connectivity index (χ4v) is 9.06. The first-order valence-corrected chi connectivity index (χ1v) is 20.7. The molecular formula is C58H37NO2. The summed E-state index contributed by atoms with van der Waals surface area (Å²) in [5.74, 6) is 0. The Hall–Kier alpha value is -8.14. The van der Waals surface area contributed by atoms with E-state index < -0.39 is 0 Å². The van der Waals surface area contributed by atoms with Gasteiger partial charge in [-0.1, -0.05) is 164 Å². The molecule has 0 aliphatic rings. The van der Waals surface area contributed by atoms with Crippen molar-refractivity contribution in [3.05, 3.63) is 224 Å². The number of para-hydroxylation sites is 3. The van der Waals surface area contributed by atoms with Crippen LogP contribution in [0.3, 0.4) is 0 Å². The van der Waals surface area contributed by atoms with Gasteiger partial charge in [-0.15, -0.1) is 0 Å². The molecule has 0 radical (unpaired) electrons. The van der Waals surface area contributed by atoms with Gasteiger partial charge in [-0.2, -0.15) is 0 Å². The molecule has 0 unspecified atom stereocenters. The Balaban J connectivity index is 1.07. The van der Waals surface area contributed by atoms with Crippen LogP contribution in [0.25, 0.3) is 99.2 Å². The largest absolute Gasteiger partial charge is 0.455 e. The molecule has 61 heavy (non-hydrogen) atoms. The van der Waals surface area contributed by atoms with Crippen molar-refractivity contribution in [1.29, 1.82) is 0 Å². The second-order valence-electron chi connectivity index (χ2n) is 15.7. The average Bonchev–Trinajstić information content (AvgIpc) is 3.91. The summed E-state index contributed by atoms with van der Waals surface area (Å²) in [4.78, 5) is 2.35. The third-order valence-corrected chi connectivity index (χ3v) is 12.0. The van der Waals surface area contributed by atoms with Crippen molar-refractivity contribution >= 4 is 71.7 Å². The van der Waals surface area contributed by atoms with Crippen molar-refractivity contribution in [1.82, 2.24) is 0 Å². The Morgan fingerprint density at radius 1 is 0.262 bits per heavy atom. The van der Waals surface area contributed by atoms with Crippen LogP contribution < -0.4 is 4.90 Å². The second-order valence-corrected chi connectivity index (χ2v) is 15.7. The van der Waals surface area contributed by atoms with E-state index in [4.69, 9.17) is 8.83 Å². The molecule has 0 spiro atoms. The highest BCUT2D eigenvalue weighted by Gasteiger charge is 2.21. The molecule has 10 aromatic carbocycles. The molecule has 12 rings (SSSR count). The van der Waals surface area contributed by atoms with E-state index in [9.17, 15) is 0 Å². The molecule has 3 nitrogen and oxygen atoms in total. The zero-order valence-corrected chi connectivity index (χ0v) is 33.1. The van der Waals surface area contributed by atoms with Crippen LogP contribution in [-0.4, -0.2) is 0 Å². The molecule has 0 N–H and O–H groups in total. The van der Waals surface area contributed by atoms with Crippen LogP contribution in [0.2, 0.25) is 0 Å². The number of nitrogens with zero attached hydrogens (tertiary/aromatic N) is 1. The number of rotatable bonds is 7. The number of hydrogen-bond acceptors (Lipinski definition) is 3. The normalized spacial score (nSPS) is 11.6. The Morgan fingerprint density at radius 2 is 0.820 bits per heavy atom. The van der Waals surface area contributed by atoms with Crippen molar-refractivity contribution in [3.8, 4) is 44.5 Å². The van der Waals surface area contributed by atoms with Crippen molar-refractivity contribution in [2.45, 2.75) is 0 Å². The van der Waals surface area contributed by atoms with E-state index in [0.717, 1.165) is 99.9 Å². The summed E-state index contributed by atoms with van der Waals surface area (Å²) in [6, 6.07) is 79.9. The average molecular weight is 780 g/mol. The highest BCUT2D eigenvalue weighted by atomic mass is 16.3. The van der Waals surface area contributed by atoms with E-state index in [2.05, 4.69) is 211 Å². The fourth-order valence-electron chi connectivity index (χ4n) is 9.06. The lowest BCUT2D eigenvalue weighted by Gasteiger charge is -2.27. The van der Waals surface area contributed by atoms with Crippen molar-refractivity contribution in [2.75, 3.05) is 4.90 Å². The lowest BCUT2D eigenvalue weighted by molar-refractivity contribution is 0.669. The monoisotopic (exact) mass is 779 g/mol. The first-order chi connectivity index (χ1) is 30.2. The van der Waals surface area contributed by atoms with Gasteiger partial charge in [-0.25, -0.2) is 0 Å². The van der Waals surface area contributed by atoms with Gasteiger partial charge >= 0.3 is 0 Å². The molecule has 286 valence electrons. The summed E-state index contributed by atoms with van der Waals surface area (Å²) in [6.07, 6.45) is 0. The van der Waals surface area contributed by atoms with Crippen LogP contribution in [0.5, 0.6) is 0 Å². The lowest BCUT2D eigenvalue weighted by Crippen LogP contribution is -2.10. The van der Waals surface area contributed by atoms with E-state index in [1.165, 1.54) is 16.3 Å². The number of anilines is 3. The van der Waals surface area contributed by atoms with Crippen molar-refractivity contribution in [3.63, 3.8) is 0 Å². The number of benzene rings is 10. The summed E-state index contributed by atoms with van der Waals surface area (Å²) < 4.78 is 13.5. The summed E-state index contributed by atoms with van der Waals surface area (Å²) in [5.41, 5.74) is 15.4. The molecule has 0 saturated heterocycles. The SMILES string of the molecule is c1ccc(-c2cc(-c3cccc4c3oc3ccccc34)cc(N(c3ccc(-c4ccc5ccccc5c4)cc3)c3ccc4c(c3)oc3c(-c5ccccc5)cccc34)c2)cc1. The predicted molar refractivity (Wildman–Crippen MR) is 255 cm³/mol. The van der Waals surface area contributed by atoms with Crippen LogP contribution in [-0.2, 0) is 0 Å². The molecule has 2 heterocycles. The number of furan rings is 2. The van der Waals surface area contributed by atoms with Gasteiger partial charge in [0, 0.05) is 55.8 Å². The summed E-state index contributed by atoms with van der Waals surface area (Å²) in [6.45, 7) is 0. The smallest absolute Gasteiger partial charge is 0.143 e. The maximum atomic E-state index is 6.84. The molecule has 12 aromatic rings. The first-order valence-electron chi connectivity index (χ1n) is 20.7. The van der Waals surface area contributed by atoms with Gasteiger partial charge in [0.25, 0.3) is 0 Å². The molecule has 0 fully saturated rings. The molecule has 3 heteroatoms. The zero-order chi connectivity index (χ0) is 40.3. The maximum absolute atomic E-state index is 6.84. The van der Waals surface area contributed by atoms with E-state index >= 15 is 0 Å². The molecule has 0 bridgehead atoms. The molecule has 0 amide bonds. The summed E-state index contributed by atoms with van der Waals surface area (Å²) in [7, 11) is 0. The Labute approximate surface area is 353 Å². The Morgan fingerprint density at radius 3 is 1.59 bits per heavy atom. The van der Waals surface area contributed by atoms with Gasteiger partial charge in [0.05, 0.1) is 0 Å². The van der Waals surface area contributed by atoms with E-state index in [-0.39, 0.29) is 0 Å². The highest BCUT2D eigenvalue weighted by molar-refractivity contribution is 6.11. The number of hydrogen-bond donors (Lipinski definition) is 0. The molecular weight excluding hydrogens is 743 g/mol. The zero-order valence-electron chi connectivity index (χ0n) is 33.1. The van der Waals surface area contributed by atoms with Crippen molar-refractivity contribution in [2.24, 2.45) is 0 Å². The third kappa shape index (κ3) is 6.06. The summed E-state index contributed by atoms with van der Waals surface area (Å²) in [5, 5.41) is 6.86. The van der Waals surface area contributed by atoms with E-state index in [1.807, 2.05) is 18.2 Å². The van der Waals surface area contributed by atoms with E-state index in [1.54, 1.807) is 0 Å². The summed E-state index contributed by atoms with van der Waals surface area (Å²) >= 11 is 0. The van der Waals surface area contributed by atoms with E-state index in [0.29, 0.717) is 0 Å². The third-order valence-electron chi connectivity index (χ3n) is 12.0. The molecule has 0 aliphatic carbocycles. The van der Waals surface area contributed by atoms with Crippen LogP contribution in [0, 0.1) is 0 Å². The van der Waals surface area contributed by atoms with Crippen LogP contribution in [0.1, 0.15) is 0 Å². The van der Waals surface area contributed by atoms with Crippen LogP contribution in [0.4, 0.5) is 17.1 Å². The minimum Gasteiger partial charge on any atom is -0.455 e. The van der Waals surface area contributed by atoms with Gasteiger partial charge in [0.15, 0.2) is 0 Å². The molecule has 0 aliphatic heterocycles. The Kier molecular flexibility index (Phi) is 8.17. The van der Waals surface area contributed by atoms with Gasteiger partial charge in [-0.3, -0.25) is 0 Å².